The molecule has 2 heterocycles. The van der Waals surface area contributed by atoms with Crippen molar-refractivity contribution in [3.05, 3.63) is 59.9 Å². The Labute approximate surface area is 143 Å². The van der Waals surface area contributed by atoms with Crippen molar-refractivity contribution >= 4 is 0 Å². The number of hydrogen-bond donors (Lipinski definition) is 1. The number of hydrogen-bond acceptors (Lipinski definition) is 5. The molecule has 0 saturated carbocycles. The van der Waals surface area contributed by atoms with Gasteiger partial charge >= 0.3 is 0 Å². The molecule has 0 aliphatic carbocycles. The summed E-state index contributed by atoms with van der Waals surface area (Å²) in [4.78, 5) is 9.02. The molecule has 1 fully saturated rings. The molecule has 1 aliphatic heterocycles. The third-order valence-electron chi connectivity index (χ3n) is 4.32. The van der Waals surface area contributed by atoms with Crippen LogP contribution in [0.4, 0.5) is 0 Å². The van der Waals surface area contributed by atoms with E-state index in [2.05, 4.69) is 26.9 Å². The quantitative estimate of drug-likeness (QED) is 0.840. The van der Waals surface area contributed by atoms with Gasteiger partial charge in [0.15, 0.2) is 0 Å². The molecule has 0 bridgehead atoms. The van der Waals surface area contributed by atoms with Gasteiger partial charge < -0.3 is 9.84 Å². The summed E-state index contributed by atoms with van der Waals surface area (Å²) in [6, 6.07) is 14.2. The van der Waals surface area contributed by atoms with E-state index in [4.69, 9.17) is 9.84 Å². The fraction of sp³-hybridized carbons (Fsp3) is 0.421. The zero-order valence-corrected chi connectivity index (χ0v) is 14.0. The molecule has 0 amide bonds. The number of piperazine rings is 1. The molecule has 0 spiro atoms. The van der Waals surface area contributed by atoms with Crippen molar-refractivity contribution in [3.8, 4) is 5.75 Å². The Hall–Kier alpha value is -1.95. The molecule has 0 atom stereocenters. The SMILES string of the molecule is OCCN1CCN(Cc2ccc(OCc3ccccn3)cc2)CC1. The van der Waals surface area contributed by atoms with E-state index in [-0.39, 0.29) is 6.61 Å². The minimum atomic E-state index is 0.250. The zero-order chi connectivity index (χ0) is 16.6. The third kappa shape index (κ3) is 5.03. The normalized spacial score (nSPS) is 16.2. The summed E-state index contributed by atoms with van der Waals surface area (Å²) in [5, 5.41) is 8.99. The fourth-order valence-electron chi connectivity index (χ4n) is 2.90. The van der Waals surface area contributed by atoms with E-state index in [0.717, 1.165) is 50.7 Å². The smallest absolute Gasteiger partial charge is 0.130 e. The van der Waals surface area contributed by atoms with Gasteiger partial charge in [-0.2, -0.15) is 0 Å². The monoisotopic (exact) mass is 327 g/mol. The van der Waals surface area contributed by atoms with Crippen LogP contribution in [0.2, 0.25) is 0 Å². The molecule has 1 aromatic heterocycles. The first-order valence-electron chi connectivity index (χ1n) is 8.51. The van der Waals surface area contributed by atoms with E-state index in [1.807, 2.05) is 30.3 Å². The Bertz CT molecular complexity index is 596. The van der Waals surface area contributed by atoms with Crippen molar-refractivity contribution in [2.24, 2.45) is 0 Å². The minimum Gasteiger partial charge on any atom is -0.487 e. The van der Waals surface area contributed by atoms with Crippen LogP contribution in [0.15, 0.2) is 48.7 Å². The highest BCUT2D eigenvalue weighted by atomic mass is 16.5. The van der Waals surface area contributed by atoms with Crippen LogP contribution in [0.3, 0.4) is 0 Å². The average Bonchev–Trinajstić information content (AvgIpc) is 2.64. The molecule has 1 aromatic carbocycles. The van der Waals surface area contributed by atoms with Gasteiger partial charge in [0.25, 0.3) is 0 Å². The van der Waals surface area contributed by atoms with Gasteiger partial charge in [-0.3, -0.25) is 14.8 Å². The largest absolute Gasteiger partial charge is 0.487 e. The molecule has 0 radical (unpaired) electrons. The van der Waals surface area contributed by atoms with Crippen LogP contribution in [-0.4, -0.2) is 59.2 Å². The molecule has 1 saturated heterocycles. The van der Waals surface area contributed by atoms with Gasteiger partial charge in [0.1, 0.15) is 12.4 Å². The van der Waals surface area contributed by atoms with Crippen LogP contribution in [0.5, 0.6) is 5.75 Å². The maximum atomic E-state index is 8.99. The molecule has 1 aliphatic rings. The maximum absolute atomic E-state index is 8.99. The molecule has 128 valence electrons. The number of β-amino-alcohol motifs (C(OH)–C–C–N with tert-alkyl or cyclic N) is 1. The minimum absolute atomic E-state index is 0.250. The lowest BCUT2D eigenvalue weighted by Crippen LogP contribution is -2.46. The zero-order valence-electron chi connectivity index (χ0n) is 14.0. The van der Waals surface area contributed by atoms with Gasteiger partial charge in [0.05, 0.1) is 12.3 Å². The number of aromatic nitrogens is 1. The van der Waals surface area contributed by atoms with Crippen molar-refractivity contribution in [3.63, 3.8) is 0 Å². The summed E-state index contributed by atoms with van der Waals surface area (Å²) in [5.74, 6) is 0.872. The fourth-order valence-corrected chi connectivity index (χ4v) is 2.90. The highest BCUT2D eigenvalue weighted by molar-refractivity contribution is 5.27. The molecular weight excluding hydrogens is 302 g/mol. The number of rotatable bonds is 7. The lowest BCUT2D eigenvalue weighted by atomic mass is 10.2. The first-order chi connectivity index (χ1) is 11.8. The Morgan fingerprint density at radius 3 is 2.38 bits per heavy atom. The summed E-state index contributed by atoms with van der Waals surface area (Å²) in [5.41, 5.74) is 2.23. The van der Waals surface area contributed by atoms with E-state index in [1.165, 1.54) is 5.56 Å². The first-order valence-corrected chi connectivity index (χ1v) is 8.51. The number of benzene rings is 1. The Kier molecular flexibility index (Phi) is 6.18. The summed E-state index contributed by atoms with van der Waals surface area (Å²) in [6.07, 6.45) is 1.78. The van der Waals surface area contributed by atoms with E-state index in [9.17, 15) is 0 Å². The first kappa shape index (κ1) is 16.9. The molecular formula is C19H25N3O2. The maximum Gasteiger partial charge on any atom is 0.130 e. The van der Waals surface area contributed by atoms with E-state index < -0.39 is 0 Å². The summed E-state index contributed by atoms with van der Waals surface area (Å²) in [6.45, 7) is 6.67. The van der Waals surface area contributed by atoms with Crippen LogP contribution in [0.1, 0.15) is 11.3 Å². The lowest BCUT2D eigenvalue weighted by Gasteiger charge is -2.34. The molecule has 1 N–H and O–H groups in total. The second kappa shape index (κ2) is 8.78. The number of aliphatic hydroxyl groups is 1. The number of aliphatic hydroxyl groups excluding tert-OH is 1. The van der Waals surface area contributed by atoms with Gasteiger partial charge in [0.2, 0.25) is 0 Å². The van der Waals surface area contributed by atoms with Gasteiger partial charge in [-0.05, 0) is 29.8 Å². The number of nitrogens with zero attached hydrogens (tertiary/aromatic N) is 3. The van der Waals surface area contributed by atoms with Crippen LogP contribution in [0, 0.1) is 0 Å². The van der Waals surface area contributed by atoms with Crippen molar-refractivity contribution < 1.29 is 9.84 Å². The molecule has 5 heteroatoms. The average molecular weight is 327 g/mol. The van der Waals surface area contributed by atoms with Gasteiger partial charge in [-0.15, -0.1) is 0 Å². The van der Waals surface area contributed by atoms with Gasteiger partial charge in [0, 0.05) is 45.5 Å². The molecule has 24 heavy (non-hydrogen) atoms. The molecule has 3 rings (SSSR count). The Morgan fingerprint density at radius 1 is 0.958 bits per heavy atom. The van der Waals surface area contributed by atoms with Crippen molar-refractivity contribution in [2.45, 2.75) is 13.2 Å². The van der Waals surface area contributed by atoms with Crippen LogP contribution in [-0.2, 0) is 13.2 Å². The summed E-state index contributed by atoms with van der Waals surface area (Å²) < 4.78 is 5.77. The lowest BCUT2D eigenvalue weighted by molar-refractivity contribution is 0.108. The number of ether oxygens (including phenoxy) is 1. The predicted molar refractivity (Wildman–Crippen MR) is 93.8 cm³/mol. The van der Waals surface area contributed by atoms with Crippen molar-refractivity contribution in [2.75, 3.05) is 39.3 Å². The topological polar surface area (TPSA) is 48.8 Å². The van der Waals surface area contributed by atoms with Crippen LogP contribution < -0.4 is 4.74 Å². The van der Waals surface area contributed by atoms with E-state index >= 15 is 0 Å². The Morgan fingerprint density at radius 2 is 1.71 bits per heavy atom. The third-order valence-corrected chi connectivity index (χ3v) is 4.32. The van der Waals surface area contributed by atoms with Gasteiger partial charge in [-0.25, -0.2) is 0 Å². The predicted octanol–water partition coefficient (Wildman–Crippen LogP) is 1.77. The van der Waals surface area contributed by atoms with E-state index in [0.29, 0.717) is 6.61 Å². The van der Waals surface area contributed by atoms with Gasteiger partial charge in [-0.1, -0.05) is 18.2 Å². The number of pyridine rings is 1. The molecule has 0 unspecified atom stereocenters. The second-order valence-electron chi connectivity index (χ2n) is 6.10. The summed E-state index contributed by atoms with van der Waals surface area (Å²) >= 11 is 0. The van der Waals surface area contributed by atoms with Crippen molar-refractivity contribution in [1.29, 1.82) is 0 Å². The summed E-state index contributed by atoms with van der Waals surface area (Å²) in [7, 11) is 0. The van der Waals surface area contributed by atoms with Crippen LogP contribution in [0.25, 0.3) is 0 Å². The Balaban J connectivity index is 1.45. The highest BCUT2D eigenvalue weighted by Crippen LogP contribution is 2.15. The molecule has 5 nitrogen and oxygen atoms in total. The highest BCUT2D eigenvalue weighted by Gasteiger charge is 2.16. The van der Waals surface area contributed by atoms with Crippen molar-refractivity contribution in [1.82, 2.24) is 14.8 Å². The second-order valence-corrected chi connectivity index (χ2v) is 6.10. The van der Waals surface area contributed by atoms with E-state index in [1.54, 1.807) is 6.20 Å². The van der Waals surface area contributed by atoms with Crippen LogP contribution >= 0.6 is 0 Å². The standard InChI is InChI=1S/C19H25N3O2/c23-14-13-21-9-11-22(12-10-21)15-17-4-6-19(7-5-17)24-16-18-3-1-2-8-20-18/h1-8,23H,9-16H2. The molecule has 2 aromatic rings.